The van der Waals surface area contributed by atoms with Gasteiger partial charge in [0.05, 0.1) is 33.9 Å². The van der Waals surface area contributed by atoms with Crippen molar-refractivity contribution in [2.75, 3.05) is 29.3 Å². The highest BCUT2D eigenvalue weighted by atomic mass is 32.2. The molecule has 2 aromatic carbocycles. The van der Waals surface area contributed by atoms with Crippen LogP contribution in [0.1, 0.15) is 5.56 Å². The van der Waals surface area contributed by atoms with Crippen molar-refractivity contribution in [2.24, 2.45) is 0 Å². The summed E-state index contributed by atoms with van der Waals surface area (Å²) in [5, 5.41) is 7.39. The van der Waals surface area contributed by atoms with E-state index >= 15 is 0 Å². The molecular weight excluding hydrogens is 426 g/mol. The Bertz CT molecular complexity index is 1320. The number of rotatable bonds is 4. The molecular formula is C20H21N3O5S2. The normalized spacial score (nSPS) is 25.8. The van der Waals surface area contributed by atoms with Gasteiger partial charge in [-0.2, -0.15) is 0 Å². The third-order valence-electron chi connectivity index (χ3n) is 5.76. The van der Waals surface area contributed by atoms with Crippen LogP contribution in [-0.4, -0.2) is 47.5 Å². The monoisotopic (exact) mass is 447 g/mol. The first-order valence-corrected chi connectivity index (χ1v) is 12.9. The molecule has 1 aromatic heterocycles. The number of furan rings is 1. The highest BCUT2D eigenvalue weighted by molar-refractivity contribution is 7.92. The van der Waals surface area contributed by atoms with E-state index in [1.165, 1.54) is 18.4 Å². The van der Waals surface area contributed by atoms with Gasteiger partial charge < -0.3 is 15.1 Å². The van der Waals surface area contributed by atoms with Crippen LogP contribution in [0, 0.1) is 0 Å². The Morgan fingerprint density at radius 2 is 1.90 bits per heavy atom. The summed E-state index contributed by atoms with van der Waals surface area (Å²) in [5.74, 6) is -0.0650. The first-order valence-electron chi connectivity index (χ1n) is 9.58. The van der Waals surface area contributed by atoms with Gasteiger partial charge in [-0.1, -0.05) is 18.2 Å². The van der Waals surface area contributed by atoms with Crippen LogP contribution in [0.15, 0.2) is 64.1 Å². The maximum atomic E-state index is 12.8. The summed E-state index contributed by atoms with van der Waals surface area (Å²) in [6.45, 7) is 1.25. The van der Waals surface area contributed by atoms with Crippen molar-refractivity contribution in [3.63, 3.8) is 0 Å². The maximum Gasteiger partial charge on any atom is 0.261 e. The summed E-state index contributed by atoms with van der Waals surface area (Å²) in [6.07, 6.45) is 1.52. The molecule has 10 heteroatoms. The molecule has 2 saturated heterocycles. The summed E-state index contributed by atoms with van der Waals surface area (Å²) in [6, 6.07) is 12.9. The Labute approximate surface area is 174 Å². The number of fused-ring (bicyclic) bond motifs is 2. The molecule has 0 amide bonds. The zero-order valence-electron chi connectivity index (χ0n) is 16.0. The number of piperazine rings is 1. The van der Waals surface area contributed by atoms with Gasteiger partial charge in [-0.25, -0.2) is 16.8 Å². The first-order chi connectivity index (χ1) is 14.3. The Morgan fingerprint density at radius 1 is 1.10 bits per heavy atom. The first kappa shape index (κ1) is 19.6. The second kappa shape index (κ2) is 6.81. The summed E-state index contributed by atoms with van der Waals surface area (Å²) in [5.41, 5.74) is 0.652. The molecule has 30 heavy (non-hydrogen) atoms. The standard InChI is InChI=1S/C20H21N3O5S2/c24-29(25)12-18-20(13-29,22-8-7-21-18)17-11-15(10-14-6-9-28-19(14)17)23-30(26,27)16-4-2-1-3-5-16/h1-6,9-11,18,21-23H,7-8,12-13H2. The van der Waals surface area contributed by atoms with Crippen molar-refractivity contribution in [1.82, 2.24) is 10.6 Å². The number of hydrogen-bond donors (Lipinski definition) is 3. The Kier molecular flexibility index (Phi) is 4.44. The van der Waals surface area contributed by atoms with Crippen LogP contribution >= 0.6 is 0 Å². The lowest BCUT2D eigenvalue weighted by atomic mass is 9.82. The van der Waals surface area contributed by atoms with Crippen LogP contribution in [-0.2, 0) is 25.4 Å². The van der Waals surface area contributed by atoms with Crippen LogP contribution in [0.2, 0.25) is 0 Å². The number of nitrogens with one attached hydrogen (secondary N) is 3. The van der Waals surface area contributed by atoms with Crippen molar-refractivity contribution in [3.05, 3.63) is 60.4 Å². The fourth-order valence-electron chi connectivity index (χ4n) is 4.49. The average Bonchev–Trinajstić information content (AvgIpc) is 3.28. The van der Waals surface area contributed by atoms with Gasteiger partial charge in [-0.15, -0.1) is 0 Å². The minimum atomic E-state index is -3.79. The molecule has 158 valence electrons. The average molecular weight is 448 g/mol. The van der Waals surface area contributed by atoms with Gasteiger partial charge in [0.2, 0.25) is 0 Å². The molecule has 3 aromatic rings. The number of benzene rings is 2. The van der Waals surface area contributed by atoms with Gasteiger partial charge >= 0.3 is 0 Å². The lowest BCUT2D eigenvalue weighted by Gasteiger charge is -2.40. The third-order valence-corrected chi connectivity index (χ3v) is 8.89. The second-order valence-electron chi connectivity index (χ2n) is 7.74. The van der Waals surface area contributed by atoms with Crippen molar-refractivity contribution in [3.8, 4) is 0 Å². The molecule has 2 aliphatic heterocycles. The molecule has 2 fully saturated rings. The van der Waals surface area contributed by atoms with Gasteiger partial charge in [0.1, 0.15) is 5.58 Å². The molecule has 0 radical (unpaired) electrons. The third kappa shape index (κ3) is 3.20. The maximum absolute atomic E-state index is 12.8. The lowest BCUT2D eigenvalue weighted by Crippen LogP contribution is -2.63. The quantitative estimate of drug-likeness (QED) is 0.554. The van der Waals surface area contributed by atoms with Crippen molar-refractivity contribution in [1.29, 1.82) is 0 Å². The van der Waals surface area contributed by atoms with Crippen LogP contribution in [0.5, 0.6) is 0 Å². The van der Waals surface area contributed by atoms with Gasteiger partial charge in [-0.05, 0) is 30.3 Å². The highest BCUT2D eigenvalue weighted by Gasteiger charge is 2.53. The van der Waals surface area contributed by atoms with E-state index in [1.807, 2.05) is 0 Å². The molecule has 8 nitrogen and oxygen atoms in total. The van der Waals surface area contributed by atoms with E-state index in [0.717, 1.165) is 0 Å². The van der Waals surface area contributed by atoms with Crippen LogP contribution in [0.25, 0.3) is 11.0 Å². The minimum Gasteiger partial charge on any atom is -0.464 e. The van der Waals surface area contributed by atoms with E-state index in [1.54, 1.807) is 36.4 Å². The predicted molar refractivity (Wildman–Crippen MR) is 114 cm³/mol. The molecule has 0 bridgehead atoms. The van der Waals surface area contributed by atoms with Crippen molar-refractivity contribution < 1.29 is 21.3 Å². The van der Waals surface area contributed by atoms with Gasteiger partial charge in [0, 0.05) is 30.1 Å². The summed E-state index contributed by atoms with van der Waals surface area (Å²) in [7, 11) is -7.08. The number of anilines is 1. The van der Waals surface area contributed by atoms with E-state index in [9.17, 15) is 16.8 Å². The minimum absolute atomic E-state index is 0.0160. The molecule has 5 rings (SSSR count). The number of sulfone groups is 1. The van der Waals surface area contributed by atoms with Gasteiger partial charge in [0.25, 0.3) is 10.0 Å². The molecule has 2 atom stereocenters. The van der Waals surface area contributed by atoms with E-state index in [2.05, 4.69) is 15.4 Å². The summed E-state index contributed by atoms with van der Waals surface area (Å²) < 4.78 is 59.1. The van der Waals surface area contributed by atoms with E-state index in [-0.39, 0.29) is 22.4 Å². The lowest BCUT2D eigenvalue weighted by molar-refractivity contribution is 0.251. The molecule has 0 aliphatic carbocycles. The van der Waals surface area contributed by atoms with E-state index < -0.39 is 25.4 Å². The van der Waals surface area contributed by atoms with E-state index in [4.69, 9.17) is 4.42 Å². The van der Waals surface area contributed by atoms with Crippen LogP contribution in [0.4, 0.5) is 5.69 Å². The van der Waals surface area contributed by atoms with Crippen molar-refractivity contribution >= 4 is 36.5 Å². The van der Waals surface area contributed by atoms with Crippen LogP contribution < -0.4 is 15.4 Å². The zero-order valence-corrected chi connectivity index (χ0v) is 17.6. The topological polar surface area (TPSA) is 118 Å². The molecule has 0 spiro atoms. The molecule has 2 unspecified atom stereocenters. The SMILES string of the molecule is O=S1(=O)CC2NCCNC2(c2cc(NS(=O)(=O)c3ccccc3)cc3ccoc23)C1. The van der Waals surface area contributed by atoms with Crippen LogP contribution in [0.3, 0.4) is 0 Å². The number of hydrogen-bond acceptors (Lipinski definition) is 7. The fraction of sp³-hybridized carbons (Fsp3) is 0.300. The summed E-state index contributed by atoms with van der Waals surface area (Å²) >= 11 is 0. The van der Waals surface area contributed by atoms with E-state index in [0.29, 0.717) is 35.3 Å². The van der Waals surface area contributed by atoms with Crippen molar-refractivity contribution in [2.45, 2.75) is 16.5 Å². The Hall–Kier alpha value is -2.40. The largest absolute Gasteiger partial charge is 0.464 e. The fourth-order valence-corrected chi connectivity index (χ4v) is 7.73. The Balaban J connectivity index is 1.64. The number of sulfonamides is 1. The second-order valence-corrected chi connectivity index (χ2v) is 11.5. The van der Waals surface area contributed by atoms with Gasteiger partial charge in [-0.3, -0.25) is 4.72 Å². The molecule has 2 aliphatic rings. The smallest absolute Gasteiger partial charge is 0.261 e. The predicted octanol–water partition coefficient (Wildman–Crippen LogP) is 1.42. The van der Waals surface area contributed by atoms with Gasteiger partial charge in [0.15, 0.2) is 9.84 Å². The molecule has 3 N–H and O–H groups in total. The highest BCUT2D eigenvalue weighted by Crippen LogP contribution is 2.41. The Morgan fingerprint density at radius 3 is 2.70 bits per heavy atom. The molecule has 0 saturated carbocycles. The zero-order chi connectivity index (χ0) is 21.0. The summed E-state index contributed by atoms with van der Waals surface area (Å²) in [4.78, 5) is 0.149. The molecule has 3 heterocycles.